The lowest BCUT2D eigenvalue weighted by molar-refractivity contribution is -0.139. The van der Waals surface area contributed by atoms with Crippen LogP contribution in [0.1, 0.15) is 32.8 Å². The summed E-state index contributed by atoms with van der Waals surface area (Å²) < 4.78 is 39.7. The molecule has 1 N–H and O–H groups in total. The normalized spacial score (nSPS) is 12.6. The van der Waals surface area contributed by atoms with E-state index in [1.807, 2.05) is 13.8 Å². The number of sulfonamides is 1. The molecular formula is C30H35Cl2N3O6S. The monoisotopic (exact) mass is 635 g/mol. The van der Waals surface area contributed by atoms with E-state index >= 15 is 0 Å². The molecule has 0 spiro atoms. The summed E-state index contributed by atoms with van der Waals surface area (Å²) in [5.41, 5.74) is 0.694. The van der Waals surface area contributed by atoms with Crippen LogP contribution >= 0.6 is 23.2 Å². The Kier molecular flexibility index (Phi) is 11.5. The molecule has 42 heavy (non-hydrogen) atoms. The van der Waals surface area contributed by atoms with Gasteiger partial charge in [0.1, 0.15) is 12.6 Å². The number of nitrogens with one attached hydrogen (secondary N) is 1. The number of amides is 2. The number of ether oxygens (including phenoxy) is 2. The van der Waals surface area contributed by atoms with Gasteiger partial charge in [-0.15, -0.1) is 0 Å². The summed E-state index contributed by atoms with van der Waals surface area (Å²) in [5.74, 6) is -0.466. The van der Waals surface area contributed by atoms with Gasteiger partial charge in [0.2, 0.25) is 11.8 Å². The molecule has 0 aliphatic rings. The van der Waals surface area contributed by atoms with E-state index in [2.05, 4.69) is 5.32 Å². The fourth-order valence-corrected chi connectivity index (χ4v) is 6.08. The highest BCUT2D eigenvalue weighted by atomic mass is 35.5. The Balaban J connectivity index is 2.08. The van der Waals surface area contributed by atoms with Gasteiger partial charge in [0, 0.05) is 34.3 Å². The minimum absolute atomic E-state index is 0.111. The predicted octanol–water partition coefficient (Wildman–Crippen LogP) is 5.54. The number of anilines is 1. The fraction of sp³-hybridized carbons (Fsp3) is 0.333. The largest absolute Gasteiger partial charge is 0.493 e. The molecule has 0 aliphatic heterocycles. The number of para-hydroxylation sites is 1. The highest BCUT2D eigenvalue weighted by molar-refractivity contribution is 7.92. The second kappa shape index (κ2) is 14.6. The summed E-state index contributed by atoms with van der Waals surface area (Å²) >= 11 is 12.9. The molecule has 2 amide bonds. The van der Waals surface area contributed by atoms with Crippen LogP contribution in [0.15, 0.2) is 71.6 Å². The van der Waals surface area contributed by atoms with Gasteiger partial charge in [-0.1, -0.05) is 54.4 Å². The highest BCUT2D eigenvalue weighted by Gasteiger charge is 2.33. The third-order valence-corrected chi connectivity index (χ3v) is 9.30. The van der Waals surface area contributed by atoms with Crippen molar-refractivity contribution in [2.24, 2.45) is 0 Å². The summed E-state index contributed by atoms with van der Waals surface area (Å²) in [6.45, 7) is 4.64. The Bertz CT molecular complexity index is 1480. The number of nitrogens with zero attached hydrogens (tertiary/aromatic N) is 2. The van der Waals surface area contributed by atoms with E-state index < -0.39 is 34.4 Å². The zero-order chi connectivity index (χ0) is 31.0. The molecule has 9 nitrogen and oxygen atoms in total. The molecule has 0 bridgehead atoms. The molecule has 0 fully saturated rings. The smallest absolute Gasteiger partial charge is 0.264 e. The summed E-state index contributed by atoms with van der Waals surface area (Å²) in [6.07, 6.45) is 0.689. The molecular weight excluding hydrogens is 601 g/mol. The lowest BCUT2D eigenvalue weighted by Crippen LogP contribution is -2.52. The van der Waals surface area contributed by atoms with Gasteiger partial charge in [0.05, 0.1) is 24.8 Å². The fourth-order valence-electron chi connectivity index (χ4n) is 4.13. The molecule has 3 rings (SSSR count). The molecule has 2 atom stereocenters. The van der Waals surface area contributed by atoms with Crippen LogP contribution < -0.4 is 19.1 Å². The zero-order valence-electron chi connectivity index (χ0n) is 24.1. The number of carbonyl (C=O) groups is 2. The van der Waals surface area contributed by atoms with Crippen molar-refractivity contribution in [3.05, 3.63) is 82.3 Å². The van der Waals surface area contributed by atoms with E-state index in [1.54, 1.807) is 55.5 Å². The predicted molar refractivity (Wildman–Crippen MR) is 165 cm³/mol. The maximum absolute atomic E-state index is 14.1. The van der Waals surface area contributed by atoms with E-state index in [1.165, 1.54) is 37.3 Å². The molecule has 3 aromatic rings. The van der Waals surface area contributed by atoms with Crippen LogP contribution in [0.2, 0.25) is 10.0 Å². The van der Waals surface area contributed by atoms with Gasteiger partial charge in [-0.25, -0.2) is 8.42 Å². The molecule has 0 heterocycles. The van der Waals surface area contributed by atoms with Crippen LogP contribution in [0.25, 0.3) is 0 Å². The Hall–Kier alpha value is -3.47. The number of hydrogen-bond acceptors (Lipinski definition) is 6. The standard InChI is InChI=1S/C30H35Cl2N3O6S/c1-6-20(2)33-30(37)21(3)34(18-24-25(31)13-10-14-26(24)32)29(36)19-35(22-11-8-7-9-12-22)42(38,39)23-15-16-27(40-4)28(17-23)41-5/h7-17,20-21H,6,18-19H2,1-5H3,(H,33,37)/t20-,21+/m0/s1. The Labute approximate surface area is 257 Å². The molecule has 0 saturated heterocycles. The summed E-state index contributed by atoms with van der Waals surface area (Å²) in [6, 6.07) is 16.3. The maximum Gasteiger partial charge on any atom is 0.264 e. The Morgan fingerprint density at radius 3 is 2.10 bits per heavy atom. The third kappa shape index (κ3) is 7.67. The van der Waals surface area contributed by atoms with Crippen LogP contribution in [0.5, 0.6) is 11.5 Å². The van der Waals surface area contributed by atoms with Gasteiger partial charge in [-0.05, 0) is 56.7 Å². The van der Waals surface area contributed by atoms with E-state index in [9.17, 15) is 18.0 Å². The van der Waals surface area contributed by atoms with Crippen molar-refractivity contribution in [3.8, 4) is 11.5 Å². The summed E-state index contributed by atoms with van der Waals surface area (Å²) in [4.78, 5) is 28.4. The second-order valence-electron chi connectivity index (χ2n) is 9.58. The zero-order valence-corrected chi connectivity index (χ0v) is 26.5. The molecule has 0 unspecified atom stereocenters. The summed E-state index contributed by atoms with van der Waals surface area (Å²) in [5, 5.41) is 3.51. The van der Waals surface area contributed by atoms with Crippen LogP contribution in [-0.2, 0) is 26.2 Å². The summed E-state index contributed by atoms with van der Waals surface area (Å²) in [7, 11) is -1.46. The van der Waals surface area contributed by atoms with E-state index in [0.717, 1.165) is 4.31 Å². The minimum atomic E-state index is -4.30. The molecule has 0 aliphatic carbocycles. The third-order valence-electron chi connectivity index (χ3n) is 6.82. The van der Waals surface area contributed by atoms with Crippen LogP contribution in [0, 0.1) is 0 Å². The average molecular weight is 637 g/mol. The van der Waals surface area contributed by atoms with Crippen molar-refractivity contribution in [2.45, 2.75) is 50.7 Å². The van der Waals surface area contributed by atoms with E-state index in [0.29, 0.717) is 27.8 Å². The highest BCUT2D eigenvalue weighted by Crippen LogP contribution is 2.33. The molecule has 226 valence electrons. The van der Waals surface area contributed by atoms with Crippen molar-refractivity contribution in [2.75, 3.05) is 25.1 Å². The Morgan fingerprint density at radius 1 is 0.905 bits per heavy atom. The number of benzene rings is 3. The van der Waals surface area contributed by atoms with E-state index in [4.69, 9.17) is 32.7 Å². The number of carbonyl (C=O) groups excluding carboxylic acids is 2. The van der Waals surface area contributed by atoms with Crippen LogP contribution in [0.4, 0.5) is 5.69 Å². The van der Waals surface area contributed by atoms with Gasteiger partial charge in [0.25, 0.3) is 10.0 Å². The first-order valence-electron chi connectivity index (χ1n) is 13.3. The van der Waals surface area contributed by atoms with Gasteiger partial charge < -0.3 is 19.7 Å². The van der Waals surface area contributed by atoms with Gasteiger partial charge in [-0.2, -0.15) is 0 Å². The topological polar surface area (TPSA) is 105 Å². The number of hydrogen-bond donors (Lipinski definition) is 1. The molecule has 12 heteroatoms. The van der Waals surface area contributed by atoms with E-state index in [-0.39, 0.29) is 28.9 Å². The first kappa shape index (κ1) is 33.0. The lowest BCUT2D eigenvalue weighted by atomic mass is 10.1. The molecule has 0 radical (unpaired) electrons. The first-order chi connectivity index (χ1) is 19.9. The number of rotatable bonds is 13. The Morgan fingerprint density at radius 2 is 1.52 bits per heavy atom. The van der Waals surface area contributed by atoms with Crippen molar-refractivity contribution >= 4 is 50.7 Å². The minimum Gasteiger partial charge on any atom is -0.493 e. The number of methoxy groups -OCH3 is 2. The van der Waals surface area contributed by atoms with Gasteiger partial charge >= 0.3 is 0 Å². The molecule has 3 aromatic carbocycles. The van der Waals surface area contributed by atoms with Gasteiger partial charge in [0.15, 0.2) is 11.5 Å². The van der Waals surface area contributed by atoms with Crippen molar-refractivity contribution in [3.63, 3.8) is 0 Å². The van der Waals surface area contributed by atoms with Crippen molar-refractivity contribution < 1.29 is 27.5 Å². The van der Waals surface area contributed by atoms with Gasteiger partial charge in [-0.3, -0.25) is 13.9 Å². The quantitative estimate of drug-likeness (QED) is 0.264. The van der Waals surface area contributed by atoms with Crippen LogP contribution in [-0.4, -0.2) is 58.0 Å². The first-order valence-corrected chi connectivity index (χ1v) is 15.5. The van der Waals surface area contributed by atoms with Crippen molar-refractivity contribution in [1.82, 2.24) is 10.2 Å². The SMILES string of the molecule is CC[C@H](C)NC(=O)[C@@H](C)N(Cc1c(Cl)cccc1Cl)C(=O)CN(c1ccccc1)S(=O)(=O)c1ccc(OC)c(OC)c1. The lowest BCUT2D eigenvalue weighted by Gasteiger charge is -2.33. The molecule has 0 saturated carbocycles. The molecule has 0 aromatic heterocycles. The second-order valence-corrected chi connectivity index (χ2v) is 12.3. The van der Waals surface area contributed by atoms with Crippen molar-refractivity contribution in [1.29, 1.82) is 0 Å². The van der Waals surface area contributed by atoms with Crippen LogP contribution in [0.3, 0.4) is 0 Å². The average Bonchev–Trinajstić information content (AvgIpc) is 2.99. The maximum atomic E-state index is 14.1. The number of halogens is 2.